The van der Waals surface area contributed by atoms with Crippen molar-refractivity contribution in [3.05, 3.63) is 108 Å². The van der Waals surface area contributed by atoms with Gasteiger partial charge in [-0.25, -0.2) is 4.79 Å². The second-order valence-corrected chi connectivity index (χ2v) is 7.86. The van der Waals surface area contributed by atoms with Crippen LogP contribution in [0.2, 0.25) is 0 Å². The largest absolute Gasteiger partial charge is 0.497 e. The first-order chi connectivity index (χ1) is 16.6. The predicted octanol–water partition coefficient (Wildman–Crippen LogP) is 6.18. The van der Waals surface area contributed by atoms with E-state index in [2.05, 4.69) is 0 Å². The van der Waals surface area contributed by atoms with Crippen molar-refractivity contribution in [3.8, 4) is 16.9 Å². The Morgan fingerprint density at radius 1 is 0.853 bits per heavy atom. The van der Waals surface area contributed by atoms with E-state index in [1.165, 1.54) is 0 Å². The van der Waals surface area contributed by atoms with E-state index in [-0.39, 0.29) is 12.4 Å². The SMILES string of the molecule is CCOC(=O)c1c(-c2ccccc2)c(C(=O)c2ccc(OC)cc2)c2c3ccccc3ccn12. The summed E-state index contributed by atoms with van der Waals surface area (Å²) in [6.07, 6.45) is 1.83. The van der Waals surface area contributed by atoms with Crippen LogP contribution in [-0.2, 0) is 4.74 Å². The first kappa shape index (κ1) is 21.5. The molecule has 5 heteroatoms. The molecule has 0 fully saturated rings. The standard InChI is InChI=1S/C29H23NO4/c1-3-34-29(32)27-24(20-10-5-4-6-11-20)25(28(31)21-13-15-22(33-2)16-14-21)26-23-12-8-7-9-19(23)17-18-30(26)27/h4-18H,3H2,1-2H3. The monoisotopic (exact) mass is 449 g/mol. The zero-order valence-electron chi connectivity index (χ0n) is 18.9. The average Bonchev–Trinajstić information content (AvgIpc) is 3.25. The number of aromatic nitrogens is 1. The fraction of sp³-hybridized carbons (Fsp3) is 0.103. The van der Waals surface area contributed by atoms with E-state index >= 15 is 0 Å². The normalized spacial score (nSPS) is 11.0. The van der Waals surface area contributed by atoms with E-state index in [0.29, 0.717) is 33.7 Å². The van der Waals surface area contributed by atoms with Crippen LogP contribution in [-0.4, -0.2) is 29.9 Å². The van der Waals surface area contributed by atoms with Gasteiger partial charge in [-0.05, 0) is 48.2 Å². The second-order valence-electron chi connectivity index (χ2n) is 7.86. The van der Waals surface area contributed by atoms with Gasteiger partial charge in [-0.1, -0.05) is 54.6 Å². The summed E-state index contributed by atoms with van der Waals surface area (Å²) in [5.41, 5.74) is 3.34. The summed E-state index contributed by atoms with van der Waals surface area (Å²) in [6, 6.07) is 26.3. The predicted molar refractivity (Wildman–Crippen MR) is 133 cm³/mol. The highest BCUT2D eigenvalue weighted by Crippen LogP contribution is 2.38. The molecular formula is C29H23NO4. The van der Waals surface area contributed by atoms with Crippen LogP contribution in [0.25, 0.3) is 27.4 Å². The fourth-order valence-corrected chi connectivity index (χ4v) is 4.41. The number of ketones is 1. The number of nitrogens with zero attached hydrogens (tertiary/aromatic N) is 1. The first-order valence-electron chi connectivity index (χ1n) is 11.1. The zero-order valence-corrected chi connectivity index (χ0v) is 18.9. The summed E-state index contributed by atoms with van der Waals surface area (Å²) in [5, 5.41) is 1.86. The van der Waals surface area contributed by atoms with Crippen molar-refractivity contribution >= 4 is 28.0 Å². The molecule has 0 bridgehead atoms. The summed E-state index contributed by atoms with van der Waals surface area (Å²) >= 11 is 0. The van der Waals surface area contributed by atoms with Gasteiger partial charge < -0.3 is 13.9 Å². The molecule has 0 saturated heterocycles. The van der Waals surface area contributed by atoms with Gasteiger partial charge in [0.05, 0.1) is 24.8 Å². The number of carbonyl (C=O) groups excluding carboxylic acids is 2. The van der Waals surface area contributed by atoms with Crippen LogP contribution < -0.4 is 4.74 Å². The quantitative estimate of drug-likeness (QED) is 0.230. The Labute approximate surface area is 197 Å². The molecule has 5 aromatic rings. The Hall–Kier alpha value is -4.38. The van der Waals surface area contributed by atoms with E-state index < -0.39 is 5.97 Å². The van der Waals surface area contributed by atoms with E-state index in [0.717, 1.165) is 16.3 Å². The van der Waals surface area contributed by atoms with Crippen LogP contribution in [0.5, 0.6) is 5.75 Å². The van der Waals surface area contributed by atoms with Gasteiger partial charge in [0.15, 0.2) is 5.78 Å². The Kier molecular flexibility index (Phi) is 5.60. The molecule has 0 atom stereocenters. The van der Waals surface area contributed by atoms with Crippen LogP contribution in [0.1, 0.15) is 33.3 Å². The molecule has 5 rings (SSSR count). The number of hydrogen-bond donors (Lipinski definition) is 0. The van der Waals surface area contributed by atoms with Crippen LogP contribution in [0.15, 0.2) is 91.1 Å². The molecule has 168 valence electrons. The van der Waals surface area contributed by atoms with Crippen LogP contribution in [0.4, 0.5) is 0 Å². The van der Waals surface area contributed by atoms with Gasteiger partial charge in [-0.3, -0.25) is 4.79 Å². The van der Waals surface area contributed by atoms with Crippen molar-refractivity contribution in [1.29, 1.82) is 0 Å². The van der Waals surface area contributed by atoms with Gasteiger partial charge in [-0.2, -0.15) is 0 Å². The minimum absolute atomic E-state index is 0.175. The number of fused-ring (bicyclic) bond motifs is 3. The number of methoxy groups -OCH3 is 1. The molecule has 0 radical (unpaired) electrons. The molecule has 2 aromatic heterocycles. The van der Waals surface area contributed by atoms with Crippen molar-refractivity contribution in [1.82, 2.24) is 4.40 Å². The van der Waals surface area contributed by atoms with Gasteiger partial charge >= 0.3 is 5.97 Å². The third kappa shape index (κ3) is 3.52. The molecule has 0 aliphatic rings. The number of benzene rings is 3. The smallest absolute Gasteiger partial charge is 0.355 e. The minimum Gasteiger partial charge on any atom is -0.497 e. The highest BCUT2D eigenvalue weighted by molar-refractivity contribution is 6.23. The summed E-state index contributed by atoms with van der Waals surface area (Å²) in [7, 11) is 1.59. The molecule has 0 unspecified atom stereocenters. The third-order valence-electron chi connectivity index (χ3n) is 5.94. The minimum atomic E-state index is -0.472. The molecule has 0 aliphatic heterocycles. The summed E-state index contributed by atoms with van der Waals surface area (Å²) < 4.78 is 12.5. The van der Waals surface area contributed by atoms with Gasteiger partial charge in [0.25, 0.3) is 0 Å². The lowest BCUT2D eigenvalue weighted by molar-refractivity contribution is 0.0519. The van der Waals surface area contributed by atoms with Gasteiger partial charge in [0.1, 0.15) is 11.4 Å². The number of ether oxygens (including phenoxy) is 2. The number of esters is 1. The maximum atomic E-state index is 14.1. The Balaban J connectivity index is 1.92. The molecule has 34 heavy (non-hydrogen) atoms. The van der Waals surface area contributed by atoms with E-state index in [9.17, 15) is 9.59 Å². The number of pyridine rings is 1. The summed E-state index contributed by atoms with van der Waals surface area (Å²) in [5.74, 6) is 0.0190. The highest BCUT2D eigenvalue weighted by atomic mass is 16.5. The lowest BCUT2D eigenvalue weighted by Crippen LogP contribution is -2.09. The molecule has 0 amide bonds. The lowest BCUT2D eigenvalue weighted by Gasteiger charge is -2.08. The third-order valence-corrected chi connectivity index (χ3v) is 5.94. The Morgan fingerprint density at radius 2 is 1.56 bits per heavy atom. The van der Waals surface area contributed by atoms with Gasteiger partial charge in [-0.15, -0.1) is 0 Å². The lowest BCUT2D eigenvalue weighted by atomic mass is 9.93. The topological polar surface area (TPSA) is 57.0 Å². The van der Waals surface area contributed by atoms with E-state index in [4.69, 9.17) is 9.47 Å². The molecule has 0 saturated carbocycles. The van der Waals surface area contributed by atoms with Crippen LogP contribution in [0.3, 0.4) is 0 Å². The molecule has 3 aromatic carbocycles. The van der Waals surface area contributed by atoms with Crippen LogP contribution in [0, 0.1) is 0 Å². The molecule has 5 nitrogen and oxygen atoms in total. The summed E-state index contributed by atoms with van der Waals surface area (Å²) in [6.45, 7) is 2.00. The molecule has 0 spiro atoms. The van der Waals surface area contributed by atoms with Crippen molar-refractivity contribution in [2.24, 2.45) is 0 Å². The molecule has 0 N–H and O–H groups in total. The van der Waals surface area contributed by atoms with Gasteiger partial charge in [0, 0.05) is 22.7 Å². The maximum absolute atomic E-state index is 14.1. The Morgan fingerprint density at radius 3 is 2.26 bits per heavy atom. The molecule has 2 heterocycles. The maximum Gasteiger partial charge on any atom is 0.355 e. The van der Waals surface area contributed by atoms with Crippen molar-refractivity contribution in [2.75, 3.05) is 13.7 Å². The number of hydrogen-bond acceptors (Lipinski definition) is 4. The highest BCUT2D eigenvalue weighted by Gasteiger charge is 2.30. The first-order valence-corrected chi connectivity index (χ1v) is 11.1. The zero-order chi connectivity index (χ0) is 23.7. The van der Waals surface area contributed by atoms with Crippen molar-refractivity contribution in [2.45, 2.75) is 6.92 Å². The molecular weight excluding hydrogens is 426 g/mol. The van der Waals surface area contributed by atoms with Gasteiger partial charge in [0.2, 0.25) is 0 Å². The van der Waals surface area contributed by atoms with Crippen LogP contribution >= 0.6 is 0 Å². The van der Waals surface area contributed by atoms with Crippen molar-refractivity contribution < 1.29 is 19.1 Å². The molecule has 0 aliphatic carbocycles. The van der Waals surface area contributed by atoms with E-state index in [1.807, 2.05) is 66.9 Å². The summed E-state index contributed by atoms with van der Waals surface area (Å²) in [4.78, 5) is 27.4. The number of rotatable bonds is 6. The Bertz CT molecular complexity index is 1520. The van der Waals surface area contributed by atoms with E-state index in [1.54, 1.807) is 42.7 Å². The fourth-order valence-electron chi connectivity index (χ4n) is 4.41. The average molecular weight is 450 g/mol. The number of carbonyl (C=O) groups is 2. The van der Waals surface area contributed by atoms with Crippen molar-refractivity contribution in [3.63, 3.8) is 0 Å². The second kappa shape index (κ2) is 8.87.